The molecule has 1 N–H and O–H groups in total. The van der Waals surface area contributed by atoms with Crippen molar-refractivity contribution in [2.75, 3.05) is 55.7 Å². The van der Waals surface area contributed by atoms with Gasteiger partial charge in [0.2, 0.25) is 11.9 Å². The van der Waals surface area contributed by atoms with E-state index in [0.717, 1.165) is 12.4 Å². The Morgan fingerprint density at radius 3 is 2.53 bits per heavy atom. The van der Waals surface area contributed by atoms with Crippen molar-refractivity contribution in [1.29, 1.82) is 0 Å². The Hall–Kier alpha value is -4.25. The third-order valence-corrected chi connectivity index (χ3v) is 6.60. The highest BCUT2D eigenvalue weighted by Crippen LogP contribution is 2.29. The number of carbonyl (C=O) groups is 1. The van der Waals surface area contributed by atoms with Crippen LogP contribution in [0.1, 0.15) is 12.0 Å². The lowest BCUT2D eigenvalue weighted by atomic mass is 10.1. The van der Waals surface area contributed by atoms with Gasteiger partial charge in [-0.25, -0.2) is 19.9 Å². The Balaban J connectivity index is 1.20. The number of aromatic nitrogens is 4. The third-order valence-electron chi connectivity index (χ3n) is 6.60. The average molecular weight is 528 g/mol. The number of nitrogens with one attached hydrogen (secondary N) is 1. The molecule has 2 fully saturated rings. The molecule has 0 spiro atoms. The smallest absolute Gasteiger partial charge is 0.374 e. The van der Waals surface area contributed by atoms with Crippen LogP contribution in [0, 0.1) is 6.57 Å². The van der Waals surface area contributed by atoms with Crippen molar-refractivity contribution < 1.29 is 22.7 Å². The number of hydrogen-bond acceptors (Lipinski definition) is 8. The second-order valence-electron chi connectivity index (χ2n) is 9.00. The maximum Gasteiger partial charge on any atom is 0.419 e. The van der Waals surface area contributed by atoms with Gasteiger partial charge in [-0.3, -0.25) is 9.59 Å². The van der Waals surface area contributed by atoms with E-state index >= 15 is 0 Å². The van der Waals surface area contributed by atoms with Gasteiger partial charge in [0.25, 0.3) is 5.56 Å². The molecule has 1 aromatic carbocycles. The van der Waals surface area contributed by atoms with E-state index in [0.29, 0.717) is 68.2 Å². The number of aromatic amines is 1. The zero-order valence-electron chi connectivity index (χ0n) is 20.1. The summed E-state index contributed by atoms with van der Waals surface area (Å²) in [7, 11) is 0. The van der Waals surface area contributed by atoms with Gasteiger partial charge < -0.3 is 19.4 Å². The number of carbonyl (C=O) groups excluding carboxylic acids is 1. The molecule has 4 heterocycles. The number of hydrogen-bond donors (Lipinski definition) is 1. The molecule has 14 heteroatoms. The molecule has 2 aliphatic heterocycles. The predicted molar refractivity (Wildman–Crippen MR) is 131 cm³/mol. The average Bonchev–Trinajstić information content (AvgIpc) is 2.93. The maximum absolute atomic E-state index is 13.0. The molecule has 38 heavy (non-hydrogen) atoms. The van der Waals surface area contributed by atoms with E-state index in [-0.39, 0.29) is 23.8 Å². The fourth-order valence-corrected chi connectivity index (χ4v) is 4.60. The van der Waals surface area contributed by atoms with Gasteiger partial charge in [0.1, 0.15) is 0 Å². The van der Waals surface area contributed by atoms with Crippen LogP contribution in [0.25, 0.3) is 15.6 Å². The molecule has 2 aromatic heterocycles. The molecule has 0 unspecified atom stereocenters. The van der Waals surface area contributed by atoms with Crippen molar-refractivity contribution in [2.24, 2.45) is 0 Å². The van der Waals surface area contributed by atoms with E-state index in [2.05, 4.69) is 25.0 Å². The molecule has 2 saturated heterocycles. The topological polar surface area (TPSA) is 112 Å². The molecule has 1 amide bonds. The van der Waals surface area contributed by atoms with Gasteiger partial charge in [0.15, 0.2) is 11.5 Å². The molecule has 1 atom stereocenters. The lowest BCUT2D eigenvalue weighted by Crippen LogP contribution is -2.51. The van der Waals surface area contributed by atoms with Gasteiger partial charge in [0, 0.05) is 62.4 Å². The largest absolute Gasteiger partial charge is 0.419 e. The van der Waals surface area contributed by atoms with Crippen LogP contribution in [0.3, 0.4) is 0 Å². The minimum atomic E-state index is -4.50. The minimum absolute atomic E-state index is 0.0978. The fourth-order valence-electron chi connectivity index (χ4n) is 4.60. The van der Waals surface area contributed by atoms with Crippen LogP contribution in [0.5, 0.6) is 0 Å². The van der Waals surface area contributed by atoms with Gasteiger partial charge in [-0.2, -0.15) is 18.3 Å². The van der Waals surface area contributed by atoms with Crippen LogP contribution in [-0.2, 0) is 15.7 Å². The van der Waals surface area contributed by atoms with Gasteiger partial charge >= 0.3 is 6.18 Å². The zero-order chi connectivity index (χ0) is 26.9. The van der Waals surface area contributed by atoms with Crippen LogP contribution in [0.4, 0.5) is 30.6 Å². The van der Waals surface area contributed by atoms with Crippen molar-refractivity contribution in [2.45, 2.75) is 18.7 Å². The fraction of sp³-hybridized carbons (Fsp3) is 0.417. The summed E-state index contributed by atoms with van der Waals surface area (Å²) in [5.74, 6) is 0.619. The minimum Gasteiger partial charge on any atom is -0.374 e. The standard InChI is InChI=1S/C24H23F3N8O3/c1-28-16-2-3-18-19(10-16)21(31-32-22(18)37)35-8-9-38-17(14-35)11-20(36)33-4-6-34(7-5-33)23-29-12-15(13-30-23)24(25,26)27/h2-3,10,12-13,17H,4-9,11,14H2,(H,32,37)/t17-/m0/s1. The molecule has 0 bridgehead atoms. The number of fused-ring (bicyclic) bond motifs is 1. The highest BCUT2D eigenvalue weighted by Gasteiger charge is 2.32. The maximum atomic E-state index is 13.0. The zero-order valence-corrected chi connectivity index (χ0v) is 20.1. The molecule has 198 valence electrons. The third kappa shape index (κ3) is 5.23. The van der Waals surface area contributed by atoms with Gasteiger partial charge in [-0.05, 0) is 6.07 Å². The van der Waals surface area contributed by atoms with E-state index in [4.69, 9.17) is 11.3 Å². The van der Waals surface area contributed by atoms with Crippen molar-refractivity contribution >= 4 is 34.1 Å². The molecule has 0 radical (unpaired) electrons. The van der Waals surface area contributed by atoms with Gasteiger partial charge in [-0.1, -0.05) is 12.1 Å². The van der Waals surface area contributed by atoms with E-state index in [9.17, 15) is 22.8 Å². The van der Waals surface area contributed by atoms with Crippen LogP contribution in [0.15, 0.2) is 35.4 Å². The molecule has 0 aliphatic carbocycles. The second-order valence-corrected chi connectivity index (χ2v) is 9.00. The highest BCUT2D eigenvalue weighted by atomic mass is 19.4. The molecule has 3 aromatic rings. The van der Waals surface area contributed by atoms with E-state index in [1.807, 2.05) is 4.90 Å². The monoisotopic (exact) mass is 528 g/mol. The summed E-state index contributed by atoms with van der Waals surface area (Å²) < 4.78 is 44.1. The Bertz CT molecular complexity index is 1430. The Morgan fingerprint density at radius 1 is 1.11 bits per heavy atom. The summed E-state index contributed by atoms with van der Waals surface area (Å²) >= 11 is 0. The molecule has 11 nitrogen and oxygen atoms in total. The summed E-state index contributed by atoms with van der Waals surface area (Å²) in [5.41, 5.74) is -0.860. The number of morpholine rings is 1. The first kappa shape index (κ1) is 25.4. The number of benzene rings is 1. The van der Waals surface area contributed by atoms with Crippen LogP contribution < -0.4 is 15.4 Å². The van der Waals surface area contributed by atoms with Gasteiger partial charge in [0.05, 0.1) is 31.3 Å². The summed E-state index contributed by atoms with van der Waals surface area (Å²) in [6.45, 7) is 10.1. The first-order chi connectivity index (χ1) is 18.2. The normalized spacial score (nSPS) is 18.5. The number of anilines is 2. The first-order valence-corrected chi connectivity index (χ1v) is 11.9. The Kier molecular flexibility index (Phi) is 6.85. The SMILES string of the molecule is [C-]#[N+]c1ccc2c(=O)[nH]nc(N3CCO[C@@H](CC(=O)N4CCN(c5ncc(C(F)(F)F)cn5)CC4)C3)c2c1. The van der Waals surface area contributed by atoms with E-state index < -0.39 is 17.8 Å². The first-order valence-electron chi connectivity index (χ1n) is 11.9. The summed E-state index contributed by atoms with van der Waals surface area (Å²) in [5, 5.41) is 7.71. The number of piperazine rings is 1. The number of alkyl halides is 3. The van der Waals surface area contributed by atoms with E-state index in [1.165, 1.54) is 0 Å². The quantitative estimate of drug-likeness (QED) is 0.514. The van der Waals surface area contributed by atoms with Crippen LogP contribution in [-0.4, -0.2) is 83.0 Å². The van der Waals surface area contributed by atoms with Crippen LogP contribution in [0.2, 0.25) is 0 Å². The molecule has 5 rings (SSSR count). The number of nitrogens with zero attached hydrogens (tertiary/aromatic N) is 7. The highest BCUT2D eigenvalue weighted by molar-refractivity contribution is 5.94. The lowest BCUT2D eigenvalue weighted by Gasteiger charge is -2.37. The van der Waals surface area contributed by atoms with E-state index in [1.54, 1.807) is 28.0 Å². The molecular formula is C24H23F3N8O3. The Morgan fingerprint density at radius 2 is 1.84 bits per heavy atom. The molecule has 2 aliphatic rings. The number of halogens is 3. The van der Waals surface area contributed by atoms with Crippen LogP contribution >= 0.6 is 0 Å². The number of H-pyrrole nitrogens is 1. The van der Waals surface area contributed by atoms with Crippen molar-refractivity contribution in [3.63, 3.8) is 0 Å². The number of amides is 1. The number of rotatable bonds is 4. The predicted octanol–water partition coefficient (Wildman–Crippen LogP) is 2.23. The van der Waals surface area contributed by atoms with Crippen molar-refractivity contribution in [3.05, 3.63) is 57.9 Å². The molecule has 0 saturated carbocycles. The summed E-state index contributed by atoms with van der Waals surface area (Å²) in [4.78, 5) is 41.7. The lowest BCUT2D eigenvalue weighted by molar-refractivity contribution is -0.138. The second kappa shape index (κ2) is 10.3. The van der Waals surface area contributed by atoms with Crippen molar-refractivity contribution in [1.82, 2.24) is 25.1 Å². The van der Waals surface area contributed by atoms with Crippen molar-refractivity contribution in [3.8, 4) is 0 Å². The Labute approximate surface area is 214 Å². The van der Waals surface area contributed by atoms with Gasteiger partial charge in [-0.15, -0.1) is 0 Å². The summed E-state index contributed by atoms with van der Waals surface area (Å²) in [6, 6.07) is 4.82. The number of ether oxygens (including phenoxy) is 1. The summed E-state index contributed by atoms with van der Waals surface area (Å²) in [6.07, 6.45) is -3.24. The molecular weight excluding hydrogens is 505 g/mol.